The Kier molecular flexibility index (Phi) is 4.54. The fourth-order valence-electron chi connectivity index (χ4n) is 1.41. The quantitative estimate of drug-likeness (QED) is 0.878. The van der Waals surface area contributed by atoms with E-state index in [1.165, 1.54) is 7.11 Å². The third-order valence-electron chi connectivity index (χ3n) is 2.58. The average Bonchev–Trinajstić information content (AvgIpc) is 2.27. The Bertz CT molecular complexity index is 483. The number of benzene rings is 1. The summed E-state index contributed by atoms with van der Waals surface area (Å²) in [5, 5.41) is 0. The maximum atomic E-state index is 12.1. The van der Waals surface area contributed by atoms with Gasteiger partial charge < -0.3 is 4.74 Å². The van der Waals surface area contributed by atoms with E-state index < -0.39 is 10.0 Å². The van der Waals surface area contributed by atoms with Crippen LogP contribution in [0.15, 0.2) is 23.1 Å². The van der Waals surface area contributed by atoms with Crippen LogP contribution >= 0.6 is 0 Å². The highest BCUT2D eigenvalue weighted by Gasteiger charge is 2.20. The molecule has 0 saturated heterocycles. The molecule has 0 aliphatic heterocycles. The summed E-state index contributed by atoms with van der Waals surface area (Å²) in [5.74, 6) is 0.376. The van der Waals surface area contributed by atoms with Crippen LogP contribution in [0.2, 0.25) is 0 Å². The molecule has 0 heterocycles. The van der Waals surface area contributed by atoms with Crippen molar-refractivity contribution < 1.29 is 13.2 Å². The summed E-state index contributed by atoms with van der Waals surface area (Å²) in [6.07, 6.45) is 0.743. The highest BCUT2D eigenvalue weighted by Crippen LogP contribution is 2.24. The third kappa shape index (κ3) is 3.44. The molecule has 1 N–H and O–H groups in total. The van der Waals surface area contributed by atoms with E-state index in [2.05, 4.69) is 4.72 Å². The SMILES string of the molecule is CCC(C)NS(=O)(=O)c1ccc(C)cc1OC. The van der Waals surface area contributed by atoms with E-state index in [1.807, 2.05) is 20.8 Å². The molecule has 17 heavy (non-hydrogen) atoms. The summed E-state index contributed by atoms with van der Waals surface area (Å²) in [7, 11) is -2.04. The Labute approximate surface area is 103 Å². The number of rotatable bonds is 5. The minimum absolute atomic E-state index is 0.0917. The first-order valence-electron chi connectivity index (χ1n) is 5.57. The monoisotopic (exact) mass is 257 g/mol. The zero-order valence-corrected chi connectivity index (χ0v) is 11.5. The van der Waals surface area contributed by atoms with Gasteiger partial charge in [-0.1, -0.05) is 13.0 Å². The van der Waals surface area contributed by atoms with Gasteiger partial charge in [0.05, 0.1) is 7.11 Å². The summed E-state index contributed by atoms with van der Waals surface area (Å²) in [5.41, 5.74) is 0.962. The molecule has 0 spiro atoms. The van der Waals surface area contributed by atoms with Crippen LogP contribution in [0.4, 0.5) is 0 Å². The molecule has 1 aromatic carbocycles. The van der Waals surface area contributed by atoms with Gasteiger partial charge in [0.25, 0.3) is 0 Å². The minimum atomic E-state index is -3.51. The van der Waals surface area contributed by atoms with E-state index in [1.54, 1.807) is 18.2 Å². The Hall–Kier alpha value is -1.07. The van der Waals surface area contributed by atoms with Crippen molar-refractivity contribution >= 4 is 10.0 Å². The molecule has 1 aromatic rings. The molecule has 1 rings (SSSR count). The lowest BCUT2D eigenvalue weighted by molar-refractivity contribution is 0.401. The predicted octanol–water partition coefficient (Wildman–Crippen LogP) is 2.08. The van der Waals surface area contributed by atoms with Gasteiger partial charge in [0, 0.05) is 6.04 Å². The number of ether oxygens (including phenoxy) is 1. The summed E-state index contributed by atoms with van der Waals surface area (Å²) in [6, 6.07) is 4.95. The van der Waals surface area contributed by atoms with E-state index in [0.29, 0.717) is 5.75 Å². The van der Waals surface area contributed by atoms with Crippen LogP contribution in [0.25, 0.3) is 0 Å². The van der Waals surface area contributed by atoms with Gasteiger partial charge in [-0.2, -0.15) is 0 Å². The van der Waals surface area contributed by atoms with Crippen molar-refractivity contribution in [2.24, 2.45) is 0 Å². The van der Waals surface area contributed by atoms with Crippen LogP contribution in [0.1, 0.15) is 25.8 Å². The van der Waals surface area contributed by atoms with Gasteiger partial charge in [-0.15, -0.1) is 0 Å². The molecule has 0 fully saturated rings. The first-order chi connectivity index (χ1) is 7.90. The molecule has 0 aliphatic rings. The highest BCUT2D eigenvalue weighted by atomic mass is 32.2. The van der Waals surface area contributed by atoms with Crippen molar-refractivity contribution in [2.75, 3.05) is 7.11 Å². The van der Waals surface area contributed by atoms with Crippen molar-refractivity contribution in [2.45, 2.75) is 38.1 Å². The second kappa shape index (κ2) is 5.51. The first kappa shape index (κ1) is 14.0. The lowest BCUT2D eigenvalue weighted by Gasteiger charge is -2.14. The number of aryl methyl sites for hydroxylation is 1. The molecule has 0 aromatic heterocycles. The topological polar surface area (TPSA) is 55.4 Å². The lowest BCUT2D eigenvalue weighted by Crippen LogP contribution is -2.32. The van der Waals surface area contributed by atoms with Gasteiger partial charge in [-0.3, -0.25) is 0 Å². The van der Waals surface area contributed by atoms with Crippen molar-refractivity contribution in [1.29, 1.82) is 0 Å². The largest absolute Gasteiger partial charge is 0.495 e. The molecule has 0 saturated carbocycles. The summed E-state index contributed by atoms with van der Waals surface area (Å²) < 4.78 is 31.9. The Morgan fingerprint density at radius 1 is 1.41 bits per heavy atom. The summed E-state index contributed by atoms with van der Waals surface area (Å²) in [6.45, 7) is 5.65. The highest BCUT2D eigenvalue weighted by molar-refractivity contribution is 7.89. The van der Waals surface area contributed by atoms with Crippen LogP contribution in [-0.2, 0) is 10.0 Å². The van der Waals surface area contributed by atoms with Crippen LogP contribution < -0.4 is 9.46 Å². The smallest absolute Gasteiger partial charge is 0.244 e. The van der Waals surface area contributed by atoms with E-state index in [9.17, 15) is 8.42 Å². The average molecular weight is 257 g/mol. The maximum Gasteiger partial charge on any atom is 0.244 e. The molecule has 0 aliphatic carbocycles. The van der Waals surface area contributed by atoms with Crippen molar-refractivity contribution in [1.82, 2.24) is 4.72 Å². The molecule has 0 radical (unpaired) electrons. The normalized spacial score (nSPS) is 13.4. The summed E-state index contributed by atoms with van der Waals surface area (Å²) >= 11 is 0. The van der Waals surface area contributed by atoms with Gasteiger partial charge in [0.15, 0.2) is 0 Å². The van der Waals surface area contributed by atoms with Gasteiger partial charge in [0.2, 0.25) is 10.0 Å². The maximum absolute atomic E-state index is 12.1. The number of sulfonamides is 1. The van der Waals surface area contributed by atoms with Crippen LogP contribution in [-0.4, -0.2) is 21.6 Å². The summed E-state index contributed by atoms with van der Waals surface area (Å²) in [4.78, 5) is 0.186. The van der Waals surface area contributed by atoms with E-state index >= 15 is 0 Å². The molecule has 0 amide bonds. The van der Waals surface area contributed by atoms with E-state index in [0.717, 1.165) is 12.0 Å². The fraction of sp³-hybridized carbons (Fsp3) is 0.500. The molecule has 0 bridgehead atoms. The van der Waals surface area contributed by atoms with Crippen LogP contribution in [0.3, 0.4) is 0 Å². The molecular formula is C12H19NO3S. The third-order valence-corrected chi connectivity index (χ3v) is 4.21. The predicted molar refractivity (Wildman–Crippen MR) is 67.8 cm³/mol. The minimum Gasteiger partial charge on any atom is -0.495 e. The standard InChI is InChI=1S/C12H19NO3S/c1-5-10(3)13-17(14,15)12-7-6-9(2)8-11(12)16-4/h6-8,10,13H,5H2,1-4H3. The lowest BCUT2D eigenvalue weighted by atomic mass is 10.2. The first-order valence-corrected chi connectivity index (χ1v) is 7.06. The van der Waals surface area contributed by atoms with Crippen LogP contribution in [0.5, 0.6) is 5.75 Å². The van der Waals surface area contributed by atoms with E-state index in [4.69, 9.17) is 4.74 Å². The van der Waals surface area contributed by atoms with Gasteiger partial charge in [-0.05, 0) is 38.0 Å². The van der Waals surface area contributed by atoms with Gasteiger partial charge in [0.1, 0.15) is 10.6 Å². The number of hydrogen-bond acceptors (Lipinski definition) is 3. The number of nitrogens with one attached hydrogen (secondary N) is 1. The van der Waals surface area contributed by atoms with Gasteiger partial charge >= 0.3 is 0 Å². The number of methoxy groups -OCH3 is 1. The Balaban J connectivity index is 3.15. The zero-order valence-electron chi connectivity index (χ0n) is 10.6. The molecule has 96 valence electrons. The van der Waals surface area contributed by atoms with E-state index in [-0.39, 0.29) is 10.9 Å². The van der Waals surface area contributed by atoms with Crippen molar-refractivity contribution in [3.63, 3.8) is 0 Å². The van der Waals surface area contributed by atoms with Crippen molar-refractivity contribution in [3.8, 4) is 5.75 Å². The Morgan fingerprint density at radius 2 is 2.06 bits per heavy atom. The second-order valence-electron chi connectivity index (χ2n) is 4.08. The molecule has 1 unspecified atom stereocenters. The second-order valence-corrected chi connectivity index (χ2v) is 5.77. The van der Waals surface area contributed by atoms with Crippen molar-refractivity contribution in [3.05, 3.63) is 23.8 Å². The fourth-order valence-corrected chi connectivity index (χ4v) is 2.89. The zero-order chi connectivity index (χ0) is 13.1. The molecule has 5 heteroatoms. The molecule has 1 atom stereocenters. The molecule has 4 nitrogen and oxygen atoms in total. The molecular weight excluding hydrogens is 238 g/mol. The Morgan fingerprint density at radius 3 is 2.59 bits per heavy atom. The van der Waals surface area contributed by atoms with Gasteiger partial charge in [-0.25, -0.2) is 13.1 Å². The van der Waals surface area contributed by atoms with Crippen LogP contribution in [0, 0.1) is 6.92 Å². The number of hydrogen-bond donors (Lipinski definition) is 1.